The van der Waals surface area contributed by atoms with Gasteiger partial charge in [-0.15, -0.1) is 0 Å². The molecule has 0 amide bonds. The van der Waals surface area contributed by atoms with Crippen molar-refractivity contribution in [1.29, 1.82) is 0 Å². The van der Waals surface area contributed by atoms with Gasteiger partial charge in [-0.2, -0.15) is 0 Å². The van der Waals surface area contributed by atoms with Crippen LogP contribution in [0.25, 0.3) is 11.4 Å². The summed E-state index contributed by atoms with van der Waals surface area (Å²) in [5.41, 5.74) is 6.06. The molecule has 0 aliphatic carbocycles. The van der Waals surface area contributed by atoms with Crippen molar-refractivity contribution >= 4 is 11.4 Å². The summed E-state index contributed by atoms with van der Waals surface area (Å²) in [5.74, 6) is 0. The zero-order valence-corrected chi connectivity index (χ0v) is 7.38. The van der Waals surface area contributed by atoms with Crippen LogP contribution in [0, 0.1) is 0 Å². The number of aromatic nitrogens is 1. The second-order valence-corrected chi connectivity index (χ2v) is 2.91. The quantitative estimate of drug-likeness (QED) is 0.556. The second kappa shape index (κ2) is 2.27. The molecular formula is C8H11N3O. The number of hydrogen-bond donors (Lipinski definition) is 1. The lowest BCUT2D eigenvalue weighted by Crippen LogP contribution is -2.45. The Kier molecular flexibility index (Phi) is 1.36. The Labute approximate surface area is 70.2 Å². The van der Waals surface area contributed by atoms with Crippen molar-refractivity contribution < 1.29 is 4.42 Å². The van der Waals surface area contributed by atoms with Gasteiger partial charge in [-0.25, -0.2) is 4.98 Å². The monoisotopic (exact) mass is 165 g/mol. The summed E-state index contributed by atoms with van der Waals surface area (Å²) in [6, 6.07) is 0. The third-order valence-electron chi connectivity index (χ3n) is 2.09. The van der Waals surface area contributed by atoms with Gasteiger partial charge in [0, 0.05) is 7.05 Å². The lowest BCUT2D eigenvalue weighted by molar-refractivity contribution is 0.392. The maximum atomic E-state index is 5.23. The average molecular weight is 165 g/mol. The summed E-state index contributed by atoms with van der Waals surface area (Å²) in [6.45, 7) is 3.97. The van der Waals surface area contributed by atoms with E-state index in [-0.39, 0.29) is 0 Å². The highest BCUT2D eigenvalue weighted by Crippen LogP contribution is 1.99. The largest absolute Gasteiger partial charge is 0.442 e. The van der Waals surface area contributed by atoms with Gasteiger partial charge in [-0.1, -0.05) is 0 Å². The van der Waals surface area contributed by atoms with E-state index >= 15 is 0 Å². The van der Waals surface area contributed by atoms with Crippen molar-refractivity contribution in [3.05, 3.63) is 17.2 Å². The normalized spacial score (nSPS) is 16.1. The Hall–Kier alpha value is -1.45. The molecule has 1 aliphatic heterocycles. The van der Waals surface area contributed by atoms with Gasteiger partial charge in [0.1, 0.15) is 5.35 Å². The lowest BCUT2D eigenvalue weighted by Gasteiger charge is -2.23. The lowest BCUT2D eigenvalue weighted by atomic mass is 10.3. The van der Waals surface area contributed by atoms with Crippen LogP contribution in [-0.2, 0) is 0 Å². The van der Waals surface area contributed by atoms with Gasteiger partial charge < -0.3 is 4.42 Å². The molecule has 64 valence electrons. The van der Waals surface area contributed by atoms with Gasteiger partial charge >= 0.3 is 0 Å². The topological polar surface area (TPSA) is 41.3 Å². The first-order chi connectivity index (χ1) is 5.70. The zero-order chi connectivity index (χ0) is 8.72. The molecule has 0 aromatic carbocycles. The van der Waals surface area contributed by atoms with Crippen molar-refractivity contribution in [3.63, 3.8) is 0 Å². The average Bonchev–Trinajstić information content (AvgIpc) is 2.48. The molecule has 4 heteroatoms. The summed E-state index contributed by atoms with van der Waals surface area (Å²) < 4.78 is 5.23. The minimum Gasteiger partial charge on any atom is -0.442 e. The number of hydrazine groups is 1. The molecule has 0 spiro atoms. The van der Waals surface area contributed by atoms with E-state index < -0.39 is 0 Å². The van der Waals surface area contributed by atoms with E-state index in [2.05, 4.69) is 10.4 Å². The van der Waals surface area contributed by atoms with Gasteiger partial charge in [0.05, 0.1) is 11.4 Å². The van der Waals surface area contributed by atoms with Crippen molar-refractivity contribution in [3.8, 4) is 0 Å². The van der Waals surface area contributed by atoms with Gasteiger partial charge in [0.2, 0.25) is 0 Å². The molecule has 1 aromatic rings. The van der Waals surface area contributed by atoms with Crippen molar-refractivity contribution in [1.82, 2.24) is 15.4 Å². The van der Waals surface area contributed by atoms with Crippen molar-refractivity contribution in [2.24, 2.45) is 0 Å². The van der Waals surface area contributed by atoms with Gasteiger partial charge in [0.25, 0.3) is 0 Å². The molecule has 12 heavy (non-hydrogen) atoms. The molecule has 0 fully saturated rings. The molecule has 2 heterocycles. The Bertz CT molecular complexity index is 418. The van der Waals surface area contributed by atoms with Crippen LogP contribution in [0.4, 0.5) is 0 Å². The van der Waals surface area contributed by atoms with E-state index in [1.165, 1.54) is 6.39 Å². The third kappa shape index (κ3) is 0.809. The highest BCUT2D eigenvalue weighted by Gasteiger charge is 2.11. The van der Waals surface area contributed by atoms with Crippen molar-refractivity contribution in [2.75, 3.05) is 7.05 Å². The second-order valence-electron chi connectivity index (χ2n) is 2.91. The van der Waals surface area contributed by atoms with Crippen LogP contribution in [0.15, 0.2) is 10.8 Å². The van der Waals surface area contributed by atoms with Crippen LogP contribution in [0.1, 0.15) is 13.8 Å². The van der Waals surface area contributed by atoms with Crippen LogP contribution >= 0.6 is 0 Å². The molecule has 0 unspecified atom stereocenters. The Morgan fingerprint density at radius 1 is 1.50 bits per heavy atom. The van der Waals surface area contributed by atoms with Crippen LogP contribution in [0.3, 0.4) is 0 Å². The predicted octanol–water partition coefficient (Wildman–Crippen LogP) is -0.619. The highest BCUT2D eigenvalue weighted by atomic mass is 16.3. The number of nitrogens with zero attached hydrogens (tertiary/aromatic N) is 2. The van der Waals surface area contributed by atoms with Gasteiger partial charge in [-0.05, 0) is 13.8 Å². The molecule has 0 saturated carbocycles. The molecule has 2 rings (SSSR count). The first-order valence-electron chi connectivity index (χ1n) is 3.82. The van der Waals surface area contributed by atoms with E-state index in [4.69, 9.17) is 4.42 Å². The Morgan fingerprint density at radius 3 is 3.00 bits per heavy atom. The minimum atomic E-state index is 0.839. The van der Waals surface area contributed by atoms with Crippen LogP contribution in [-0.4, -0.2) is 17.0 Å². The summed E-state index contributed by atoms with van der Waals surface area (Å²) in [7, 11) is 1.95. The first kappa shape index (κ1) is 7.21. The first-order valence-corrected chi connectivity index (χ1v) is 3.82. The zero-order valence-electron chi connectivity index (χ0n) is 7.38. The fraction of sp³-hybridized carbons (Fsp3) is 0.375. The van der Waals surface area contributed by atoms with E-state index in [1.807, 2.05) is 25.9 Å². The molecular weight excluding hydrogens is 154 g/mol. The summed E-state index contributed by atoms with van der Waals surface area (Å²) >= 11 is 0. The molecule has 4 nitrogen and oxygen atoms in total. The van der Waals surface area contributed by atoms with E-state index in [9.17, 15) is 0 Å². The Morgan fingerprint density at radius 2 is 2.25 bits per heavy atom. The summed E-state index contributed by atoms with van der Waals surface area (Å²) in [6.07, 6.45) is 1.47. The number of hydrogen-bond acceptors (Lipinski definition) is 4. The third-order valence-corrected chi connectivity index (χ3v) is 2.09. The maximum Gasteiger partial charge on any atom is 0.182 e. The molecule has 0 atom stereocenters. The SMILES string of the molecule is CC1=c2ncoc2=C(C)NN1C. The minimum absolute atomic E-state index is 0.839. The number of nitrogens with one attached hydrogen (secondary N) is 1. The fourth-order valence-corrected chi connectivity index (χ4v) is 1.31. The summed E-state index contributed by atoms with van der Waals surface area (Å²) in [5, 5.41) is 2.86. The van der Waals surface area contributed by atoms with Crippen molar-refractivity contribution in [2.45, 2.75) is 13.8 Å². The van der Waals surface area contributed by atoms with Crippen LogP contribution in [0.2, 0.25) is 0 Å². The molecule has 1 N–H and O–H groups in total. The molecule has 0 saturated heterocycles. The number of oxazole rings is 1. The van der Waals surface area contributed by atoms with Crippen LogP contribution < -0.4 is 16.2 Å². The maximum absolute atomic E-state index is 5.23. The van der Waals surface area contributed by atoms with Gasteiger partial charge in [0.15, 0.2) is 11.8 Å². The standard InChI is InChI=1S/C8H11N3O/c1-5-8-7(9-4-12-8)6(2)11(3)10-5/h4,10H,1-3H3. The van der Waals surface area contributed by atoms with E-state index in [0.717, 1.165) is 22.2 Å². The van der Waals surface area contributed by atoms with E-state index in [1.54, 1.807) is 0 Å². The molecule has 1 aliphatic rings. The highest BCUT2D eigenvalue weighted by molar-refractivity contribution is 5.47. The smallest absolute Gasteiger partial charge is 0.182 e. The predicted molar refractivity (Wildman–Crippen MR) is 44.8 cm³/mol. The fourth-order valence-electron chi connectivity index (χ4n) is 1.31. The number of fused-ring (bicyclic) bond motifs is 1. The number of rotatable bonds is 0. The molecule has 0 radical (unpaired) electrons. The van der Waals surface area contributed by atoms with Gasteiger partial charge in [-0.3, -0.25) is 10.4 Å². The molecule has 0 bridgehead atoms. The summed E-state index contributed by atoms with van der Waals surface area (Å²) in [4.78, 5) is 4.13. The van der Waals surface area contributed by atoms with Crippen LogP contribution in [0.5, 0.6) is 0 Å². The Balaban J connectivity index is 2.89. The molecule has 1 aromatic heterocycles. The van der Waals surface area contributed by atoms with E-state index in [0.29, 0.717) is 0 Å².